The van der Waals surface area contributed by atoms with E-state index in [-0.39, 0.29) is 24.0 Å². The van der Waals surface area contributed by atoms with Gasteiger partial charge < -0.3 is 20.1 Å². The Morgan fingerprint density at radius 2 is 1.84 bits per heavy atom. The van der Waals surface area contributed by atoms with E-state index in [1.165, 1.54) is 7.11 Å². The summed E-state index contributed by atoms with van der Waals surface area (Å²) in [6.45, 7) is 0.786. The summed E-state index contributed by atoms with van der Waals surface area (Å²) in [5.41, 5.74) is 5.69. The van der Waals surface area contributed by atoms with Crippen molar-refractivity contribution in [3.8, 4) is 11.5 Å². The van der Waals surface area contributed by atoms with Crippen molar-refractivity contribution >= 4 is 40.8 Å². The van der Waals surface area contributed by atoms with Crippen LogP contribution in [-0.4, -0.2) is 66.1 Å². The maximum absolute atomic E-state index is 12.7. The highest BCUT2D eigenvalue weighted by Crippen LogP contribution is 2.34. The van der Waals surface area contributed by atoms with E-state index in [9.17, 15) is 19.2 Å². The number of amides is 4. The molecule has 0 aromatic heterocycles. The van der Waals surface area contributed by atoms with Crippen LogP contribution in [0, 0.1) is 0 Å². The van der Waals surface area contributed by atoms with Crippen molar-refractivity contribution in [2.24, 2.45) is 5.73 Å². The van der Waals surface area contributed by atoms with Crippen molar-refractivity contribution in [3.63, 3.8) is 0 Å². The molecule has 0 spiro atoms. The van der Waals surface area contributed by atoms with E-state index in [4.69, 9.17) is 15.2 Å². The zero-order chi connectivity index (χ0) is 22.4. The number of nitrogens with two attached hydrogens (primary N) is 1. The lowest BCUT2D eigenvalue weighted by molar-refractivity contribution is -0.135. The molecule has 10 heteroatoms. The van der Waals surface area contributed by atoms with Crippen molar-refractivity contribution in [3.05, 3.63) is 28.7 Å². The Labute approximate surface area is 184 Å². The molecular weight excluding hydrogens is 422 g/mol. The smallest absolute Gasteiger partial charge is 0.294 e. The summed E-state index contributed by atoms with van der Waals surface area (Å²) in [5.74, 6) is -0.635. The summed E-state index contributed by atoms with van der Waals surface area (Å²) in [5, 5.41) is -0.465. The van der Waals surface area contributed by atoms with Gasteiger partial charge in [-0.3, -0.25) is 24.1 Å². The highest BCUT2D eigenvalue weighted by molar-refractivity contribution is 8.18. The maximum Gasteiger partial charge on any atom is 0.294 e. The summed E-state index contributed by atoms with van der Waals surface area (Å²) in [4.78, 5) is 51.5. The predicted molar refractivity (Wildman–Crippen MR) is 115 cm³/mol. The molecule has 31 heavy (non-hydrogen) atoms. The Morgan fingerprint density at radius 1 is 1.13 bits per heavy atom. The number of hydrogen-bond donors (Lipinski definition) is 1. The Bertz CT molecular complexity index is 908. The molecule has 2 heterocycles. The lowest BCUT2D eigenvalue weighted by Crippen LogP contribution is -2.42. The molecule has 0 saturated carbocycles. The van der Waals surface area contributed by atoms with Crippen molar-refractivity contribution in [2.45, 2.75) is 25.7 Å². The van der Waals surface area contributed by atoms with E-state index in [0.29, 0.717) is 30.2 Å². The summed E-state index contributed by atoms with van der Waals surface area (Å²) >= 11 is 0.796. The van der Waals surface area contributed by atoms with E-state index in [1.54, 1.807) is 29.2 Å². The third-order valence-electron chi connectivity index (χ3n) is 4.98. The number of primary amides is 1. The molecule has 2 fully saturated rings. The van der Waals surface area contributed by atoms with Gasteiger partial charge in [0.2, 0.25) is 5.91 Å². The van der Waals surface area contributed by atoms with Crippen LogP contribution in [0.5, 0.6) is 11.5 Å². The second kappa shape index (κ2) is 10.3. The Morgan fingerprint density at radius 3 is 2.48 bits per heavy atom. The number of hydrogen-bond acceptors (Lipinski definition) is 7. The molecule has 0 unspecified atom stereocenters. The molecule has 0 bridgehead atoms. The number of carbonyl (C=O) groups is 4. The first kappa shape index (κ1) is 22.7. The number of nitrogens with zero attached hydrogens (tertiary/aromatic N) is 2. The minimum absolute atomic E-state index is 0.205. The minimum atomic E-state index is -0.616. The Balaban J connectivity index is 1.70. The number of thioether (sulfide) groups is 1. The van der Waals surface area contributed by atoms with Gasteiger partial charge in [0.1, 0.15) is 6.54 Å². The number of likely N-dealkylation sites (tertiary alicyclic amines) is 1. The van der Waals surface area contributed by atoms with Gasteiger partial charge >= 0.3 is 0 Å². The van der Waals surface area contributed by atoms with E-state index in [0.717, 1.165) is 42.3 Å². The SMILES string of the molecule is COc1cc(C=C2SC(=O)N(CC(=O)N3CCCCCC3)C2=O)ccc1OCC(N)=O. The molecule has 0 radical (unpaired) electrons. The van der Waals surface area contributed by atoms with Crippen LogP contribution in [0.1, 0.15) is 31.2 Å². The maximum atomic E-state index is 12.7. The lowest BCUT2D eigenvalue weighted by atomic mass is 10.2. The topological polar surface area (TPSA) is 119 Å². The second-order valence-corrected chi connectivity index (χ2v) is 8.22. The van der Waals surface area contributed by atoms with Crippen molar-refractivity contribution in [1.82, 2.24) is 9.80 Å². The fourth-order valence-electron chi connectivity index (χ4n) is 3.39. The quantitative estimate of drug-likeness (QED) is 0.635. The van der Waals surface area contributed by atoms with Crippen molar-refractivity contribution in [2.75, 3.05) is 33.4 Å². The number of imide groups is 1. The number of ether oxygens (including phenoxy) is 2. The third kappa shape index (κ3) is 5.78. The summed E-state index contributed by atoms with van der Waals surface area (Å²) in [6.07, 6.45) is 5.61. The molecule has 1 aromatic carbocycles. The molecule has 2 saturated heterocycles. The average Bonchev–Trinajstić information content (AvgIpc) is 2.95. The first-order valence-electron chi connectivity index (χ1n) is 10.0. The van der Waals surface area contributed by atoms with E-state index >= 15 is 0 Å². The monoisotopic (exact) mass is 447 g/mol. The van der Waals surface area contributed by atoms with Crippen LogP contribution in [0.3, 0.4) is 0 Å². The van der Waals surface area contributed by atoms with Gasteiger partial charge in [-0.05, 0) is 48.4 Å². The van der Waals surface area contributed by atoms with Gasteiger partial charge in [-0.15, -0.1) is 0 Å². The van der Waals surface area contributed by atoms with E-state index in [1.807, 2.05) is 0 Å². The highest BCUT2D eigenvalue weighted by atomic mass is 32.2. The molecule has 2 aliphatic heterocycles. The van der Waals surface area contributed by atoms with Crippen LogP contribution >= 0.6 is 11.8 Å². The van der Waals surface area contributed by atoms with E-state index < -0.39 is 17.1 Å². The zero-order valence-corrected chi connectivity index (χ0v) is 18.1. The number of methoxy groups -OCH3 is 1. The summed E-state index contributed by atoms with van der Waals surface area (Å²) in [7, 11) is 1.44. The predicted octanol–water partition coefficient (Wildman–Crippen LogP) is 2.00. The first-order chi connectivity index (χ1) is 14.9. The van der Waals surface area contributed by atoms with Gasteiger partial charge in [0, 0.05) is 13.1 Å². The van der Waals surface area contributed by atoms with Gasteiger partial charge in [0.25, 0.3) is 17.1 Å². The zero-order valence-electron chi connectivity index (χ0n) is 17.3. The molecule has 0 atom stereocenters. The van der Waals surface area contributed by atoms with Crippen LogP contribution in [0.2, 0.25) is 0 Å². The third-order valence-corrected chi connectivity index (χ3v) is 5.89. The molecule has 3 rings (SSSR count). The Kier molecular flexibility index (Phi) is 7.56. The second-order valence-electron chi connectivity index (χ2n) is 7.23. The minimum Gasteiger partial charge on any atom is -0.493 e. The van der Waals surface area contributed by atoms with Gasteiger partial charge in [-0.1, -0.05) is 18.9 Å². The van der Waals surface area contributed by atoms with Crippen LogP contribution in [0.25, 0.3) is 6.08 Å². The number of carbonyl (C=O) groups excluding carboxylic acids is 4. The first-order valence-corrected chi connectivity index (χ1v) is 10.8. The molecule has 2 aliphatic rings. The van der Waals surface area contributed by atoms with Gasteiger partial charge in [0.05, 0.1) is 12.0 Å². The van der Waals surface area contributed by atoms with Crippen LogP contribution in [-0.2, 0) is 14.4 Å². The fourth-order valence-corrected chi connectivity index (χ4v) is 4.22. The highest BCUT2D eigenvalue weighted by Gasteiger charge is 2.37. The van der Waals surface area contributed by atoms with Crippen LogP contribution < -0.4 is 15.2 Å². The van der Waals surface area contributed by atoms with Crippen molar-refractivity contribution < 1.29 is 28.7 Å². The lowest BCUT2D eigenvalue weighted by Gasteiger charge is -2.22. The molecule has 166 valence electrons. The molecule has 1 aromatic rings. The van der Waals surface area contributed by atoms with E-state index in [2.05, 4.69) is 0 Å². The number of benzene rings is 1. The van der Waals surface area contributed by atoms with Gasteiger partial charge in [-0.2, -0.15) is 0 Å². The molecular formula is C21H25N3O6S. The van der Waals surface area contributed by atoms with Gasteiger partial charge in [0.15, 0.2) is 18.1 Å². The molecule has 4 amide bonds. The standard InChI is InChI=1S/C21H25N3O6S/c1-29-16-10-14(6-7-15(16)30-13-18(22)25)11-17-20(27)24(21(28)31-17)12-19(26)23-8-4-2-3-5-9-23/h6-7,10-11H,2-5,8-9,12-13H2,1H3,(H2,22,25). The van der Waals surface area contributed by atoms with Crippen molar-refractivity contribution in [1.29, 1.82) is 0 Å². The van der Waals surface area contributed by atoms with Crippen LogP contribution in [0.15, 0.2) is 23.1 Å². The fraction of sp³-hybridized carbons (Fsp3) is 0.429. The largest absolute Gasteiger partial charge is 0.493 e. The molecule has 2 N–H and O–H groups in total. The average molecular weight is 448 g/mol. The summed E-state index contributed by atoms with van der Waals surface area (Å²) in [6, 6.07) is 4.86. The Hall–Kier alpha value is -3.01. The van der Waals surface area contributed by atoms with Gasteiger partial charge in [-0.25, -0.2) is 0 Å². The molecule has 0 aliphatic carbocycles. The van der Waals surface area contributed by atoms with Crippen LogP contribution in [0.4, 0.5) is 4.79 Å². The summed E-state index contributed by atoms with van der Waals surface area (Å²) < 4.78 is 10.5. The molecule has 9 nitrogen and oxygen atoms in total. The number of rotatable bonds is 7. The normalized spacial score (nSPS) is 18.3.